The molecule has 178 valence electrons. The first kappa shape index (κ1) is 23.3. The van der Waals surface area contributed by atoms with E-state index in [4.69, 9.17) is 9.15 Å². The molecule has 2 amide bonds. The van der Waals surface area contributed by atoms with Crippen LogP contribution < -0.4 is 15.5 Å². The Morgan fingerprint density at radius 2 is 1.61 bits per heavy atom. The highest BCUT2D eigenvalue weighted by atomic mass is 16.5. The fourth-order valence-electron chi connectivity index (χ4n) is 4.32. The van der Waals surface area contributed by atoms with Gasteiger partial charge in [0.2, 0.25) is 0 Å². The number of furan rings is 1. The molecule has 0 bridgehead atoms. The molecule has 33 heavy (non-hydrogen) atoms. The summed E-state index contributed by atoms with van der Waals surface area (Å²) in [4.78, 5) is 31.5. The van der Waals surface area contributed by atoms with Crippen LogP contribution in [-0.4, -0.2) is 93.7 Å². The van der Waals surface area contributed by atoms with Crippen molar-refractivity contribution in [1.29, 1.82) is 0 Å². The molecule has 2 saturated heterocycles. The average molecular weight is 456 g/mol. The molecule has 3 heterocycles. The van der Waals surface area contributed by atoms with Crippen LogP contribution in [0.2, 0.25) is 0 Å². The van der Waals surface area contributed by atoms with Crippen LogP contribution >= 0.6 is 0 Å². The van der Waals surface area contributed by atoms with Crippen LogP contribution in [0.1, 0.15) is 11.8 Å². The molecule has 0 saturated carbocycles. The summed E-state index contributed by atoms with van der Waals surface area (Å²) >= 11 is 0. The molecule has 4 rings (SSSR count). The van der Waals surface area contributed by atoms with Crippen LogP contribution in [0.3, 0.4) is 0 Å². The highest BCUT2D eigenvalue weighted by Gasteiger charge is 2.28. The molecule has 2 aromatic rings. The number of para-hydroxylation sites is 1. The summed E-state index contributed by atoms with van der Waals surface area (Å²) in [5.41, 5.74) is 1.22. The van der Waals surface area contributed by atoms with Crippen LogP contribution in [0.4, 0.5) is 5.69 Å². The summed E-state index contributed by atoms with van der Waals surface area (Å²) in [5, 5.41) is 5.51. The van der Waals surface area contributed by atoms with E-state index in [0.29, 0.717) is 32.8 Å². The summed E-state index contributed by atoms with van der Waals surface area (Å²) in [5.74, 6) is -0.428. The van der Waals surface area contributed by atoms with Crippen molar-refractivity contribution in [2.45, 2.75) is 6.04 Å². The van der Waals surface area contributed by atoms with Gasteiger partial charge < -0.3 is 24.7 Å². The van der Waals surface area contributed by atoms with Gasteiger partial charge in [-0.25, -0.2) is 0 Å². The van der Waals surface area contributed by atoms with E-state index in [9.17, 15) is 9.59 Å². The van der Waals surface area contributed by atoms with E-state index in [1.807, 2.05) is 18.2 Å². The zero-order valence-corrected chi connectivity index (χ0v) is 18.9. The molecule has 1 aromatic carbocycles. The third-order valence-electron chi connectivity index (χ3n) is 6.23. The number of hydrogen-bond acceptors (Lipinski definition) is 7. The molecule has 0 spiro atoms. The van der Waals surface area contributed by atoms with E-state index in [2.05, 4.69) is 49.6 Å². The maximum atomic E-state index is 12.4. The Morgan fingerprint density at radius 3 is 2.30 bits per heavy atom. The van der Waals surface area contributed by atoms with Gasteiger partial charge in [-0.15, -0.1) is 0 Å². The minimum Gasteiger partial charge on any atom is -0.468 e. The highest BCUT2D eigenvalue weighted by Crippen LogP contribution is 2.24. The van der Waals surface area contributed by atoms with Gasteiger partial charge in [-0.05, 0) is 24.3 Å². The Hall–Kier alpha value is -2.88. The first-order valence-corrected chi connectivity index (χ1v) is 11.6. The van der Waals surface area contributed by atoms with E-state index in [1.165, 1.54) is 5.69 Å². The van der Waals surface area contributed by atoms with Gasteiger partial charge in [-0.2, -0.15) is 0 Å². The zero-order valence-electron chi connectivity index (χ0n) is 18.9. The van der Waals surface area contributed by atoms with Crippen molar-refractivity contribution < 1.29 is 18.7 Å². The van der Waals surface area contributed by atoms with Crippen LogP contribution in [0.25, 0.3) is 0 Å². The number of carbonyl (C=O) groups is 2. The number of hydrogen-bond donors (Lipinski definition) is 2. The number of nitrogens with one attached hydrogen (secondary N) is 2. The molecular formula is C24H33N5O4. The minimum absolute atomic E-state index is 0.122. The Kier molecular flexibility index (Phi) is 8.35. The maximum absolute atomic E-state index is 12.4. The largest absolute Gasteiger partial charge is 0.468 e. The van der Waals surface area contributed by atoms with Crippen molar-refractivity contribution in [3.8, 4) is 0 Å². The fraction of sp³-hybridized carbons (Fsp3) is 0.500. The molecule has 2 fully saturated rings. The zero-order chi connectivity index (χ0) is 22.9. The van der Waals surface area contributed by atoms with Crippen LogP contribution in [0.5, 0.6) is 0 Å². The summed E-state index contributed by atoms with van der Waals surface area (Å²) in [6, 6.07) is 14.0. The molecule has 1 atom stereocenters. The highest BCUT2D eigenvalue weighted by molar-refractivity contribution is 6.35. The van der Waals surface area contributed by atoms with Crippen LogP contribution in [0.15, 0.2) is 53.1 Å². The molecular weight excluding hydrogens is 422 g/mol. The summed E-state index contributed by atoms with van der Waals surface area (Å²) in [6.45, 7) is 8.03. The molecule has 1 aromatic heterocycles. The first-order chi connectivity index (χ1) is 16.2. The maximum Gasteiger partial charge on any atom is 0.309 e. The molecule has 2 aliphatic rings. The predicted molar refractivity (Wildman–Crippen MR) is 125 cm³/mol. The van der Waals surface area contributed by atoms with Gasteiger partial charge in [-0.1, -0.05) is 18.2 Å². The predicted octanol–water partition coefficient (Wildman–Crippen LogP) is 0.708. The number of nitrogens with zero attached hydrogens (tertiary/aromatic N) is 3. The van der Waals surface area contributed by atoms with E-state index < -0.39 is 11.8 Å². The Morgan fingerprint density at radius 1 is 0.879 bits per heavy atom. The number of benzene rings is 1. The standard InChI is InChI=1S/C24H33N5O4/c30-23(25-8-9-27-14-17-32-18-15-27)24(31)26-19-21(22-7-4-16-33-22)29-12-10-28(11-13-29)20-5-2-1-3-6-20/h1-7,16,21H,8-15,17-19H2,(H,25,30)(H,26,31)/t21-/m0/s1. The van der Waals surface area contributed by atoms with E-state index in [0.717, 1.165) is 45.0 Å². The van der Waals surface area contributed by atoms with Crippen LogP contribution in [0, 0.1) is 0 Å². The second kappa shape index (κ2) is 11.8. The summed E-state index contributed by atoms with van der Waals surface area (Å²) in [7, 11) is 0. The van der Waals surface area contributed by atoms with Crippen molar-refractivity contribution >= 4 is 17.5 Å². The molecule has 9 heteroatoms. The van der Waals surface area contributed by atoms with Gasteiger partial charge in [0.15, 0.2) is 0 Å². The lowest BCUT2D eigenvalue weighted by Crippen LogP contribution is -2.51. The van der Waals surface area contributed by atoms with E-state index in [-0.39, 0.29) is 6.04 Å². The Balaban J connectivity index is 1.25. The fourth-order valence-corrected chi connectivity index (χ4v) is 4.32. The van der Waals surface area contributed by atoms with Crippen molar-refractivity contribution in [3.63, 3.8) is 0 Å². The Labute approximate surface area is 194 Å². The number of carbonyl (C=O) groups excluding carboxylic acids is 2. The number of amides is 2. The van der Waals surface area contributed by atoms with Crippen LogP contribution in [-0.2, 0) is 14.3 Å². The average Bonchev–Trinajstić information content (AvgIpc) is 3.40. The van der Waals surface area contributed by atoms with Crippen molar-refractivity contribution in [2.24, 2.45) is 0 Å². The second-order valence-electron chi connectivity index (χ2n) is 8.31. The SMILES string of the molecule is O=C(NCCN1CCOCC1)C(=O)NC[C@@H](c1ccco1)N1CCN(c2ccccc2)CC1. The number of piperazine rings is 1. The van der Waals surface area contributed by atoms with Gasteiger partial charge in [-0.3, -0.25) is 19.4 Å². The second-order valence-corrected chi connectivity index (χ2v) is 8.31. The van der Waals surface area contributed by atoms with E-state index >= 15 is 0 Å². The van der Waals surface area contributed by atoms with E-state index in [1.54, 1.807) is 6.26 Å². The van der Waals surface area contributed by atoms with Crippen molar-refractivity contribution in [1.82, 2.24) is 20.4 Å². The smallest absolute Gasteiger partial charge is 0.309 e. The van der Waals surface area contributed by atoms with Crippen molar-refractivity contribution in [3.05, 3.63) is 54.5 Å². The third-order valence-corrected chi connectivity index (χ3v) is 6.23. The minimum atomic E-state index is -0.614. The summed E-state index contributed by atoms with van der Waals surface area (Å²) in [6.07, 6.45) is 1.64. The monoisotopic (exact) mass is 455 g/mol. The Bertz CT molecular complexity index is 862. The lowest BCUT2D eigenvalue weighted by Gasteiger charge is -2.39. The van der Waals surface area contributed by atoms with Gasteiger partial charge in [0.05, 0.1) is 25.5 Å². The normalized spacial score (nSPS) is 18.6. The van der Waals surface area contributed by atoms with Crippen molar-refractivity contribution in [2.75, 3.05) is 77.0 Å². The number of anilines is 1. The quantitative estimate of drug-likeness (QED) is 0.567. The number of rotatable bonds is 8. The summed E-state index contributed by atoms with van der Waals surface area (Å²) < 4.78 is 11.0. The van der Waals surface area contributed by atoms with Gasteiger partial charge in [0, 0.05) is 64.6 Å². The third kappa shape index (κ3) is 6.56. The lowest BCUT2D eigenvalue weighted by molar-refractivity contribution is -0.139. The number of ether oxygens (including phenoxy) is 1. The molecule has 0 unspecified atom stereocenters. The molecule has 2 N–H and O–H groups in total. The molecule has 0 aliphatic carbocycles. The molecule has 2 aliphatic heterocycles. The number of morpholine rings is 1. The lowest BCUT2D eigenvalue weighted by atomic mass is 10.1. The van der Waals surface area contributed by atoms with Gasteiger partial charge in [0.1, 0.15) is 5.76 Å². The topological polar surface area (TPSA) is 90.3 Å². The first-order valence-electron chi connectivity index (χ1n) is 11.6. The molecule has 0 radical (unpaired) electrons. The molecule has 9 nitrogen and oxygen atoms in total. The van der Waals surface area contributed by atoms with Gasteiger partial charge in [0.25, 0.3) is 0 Å². The van der Waals surface area contributed by atoms with Gasteiger partial charge >= 0.3 is 11.8 Å².